The molecule has 3 aromatic rings. The number of hydrogen-bond acceptors (Lipinski definition) is 6. The number of benzene rings is 2. The minimum absolute atomic E-state index is 0.184. The molecule has 1 heterocycles. The summed E-state index contributed by atoms with van der Waals surface area (Å²) >= 11 is 3.39. The van der Waals surface area contributed by atoms with Crippen molar-refractivity contribution in [1.82, 2.24) is 10.4 Å². The lowest BCUT2D eigenvalue weighted by Gasteiger charge is -2.09. The quantitative estimate of drug-likeness (QED) is 0.288. The van der Waals surface area contributed by atoms with Gasteiger partial charge in [0.05, 0.1) is 16.8 Å². The number of hydrazone groups is 1. The number of aromatic hydroxyl groups is 3. The SMILES string of the molecule is C/C(=N\NC(=O)c1cc(C)nc2ccc(Br)cc12)c1ccc(O)c(O)c1O. The van der Waals surface area contributed by atoms with E-state index in [1.807, 2.05) is 12.1 Å². The molecule has 1 amide bonds. The first-order chi connectivity index (χ1) is 12.8. The number of pyridine rings is 1. The van der Waals surface area contributed by atoms with Crippen LogP contribution in [0.25, 0.3) is 10.9 Å². The molecule has 0 spiro atoms. The highest BCUT2D eigenvalue weighted by atomic mass is 79.9. The van der Waals surface area contributed by atoms with Crippen molar-refractivity contribution in [2.45, 2.75) is 13.8 Å². The number of fused-ring (bicyclic) bond motifs is 1. The topological polar surface area (TPSA) is 115 Å². The van der Waals surface area contributed by atoms with E-state index in [-0.39, 0.29) is 11.3 Å². The lowest BCUT2D eigenvalue weighted by molar-refractivity contribution is 0.0956. The number of nitrogens with one attached hydrogen (secondary N) is 1. The standard InChI is InChI=1S/C19H16BrN3O4/c1-9-7-14(13-8-11(20)3-5-15(13)21-9)19(27)23-22-10(2)12-4-6-16(24)18(26)17(12)25/h3-8,24-26H,1-2H3,(H,23,27)/b22-10+. The number of rotatable bonds is 3. The fraction of sp³-hybridized carbons (Fsp3) is 0.105. The third-order valence-electron chi connectivity index (χ3n) is 3.99. The smallest absolute Gasteiger partial charge is 0.272 e. The molecule has 0 radical (unpaired) electrons. The summed E-state index contributed by atoms with van der Waals surface area (Å²) in [5, 5.41) is 33.6. The van der Waals surface area contributed by atoms with Crippen molar-refractivity contribution in [3.8, 4) is 17.2 Å². The van der Waals surface area contributed by atoms with Gasteiger partial charge < -0.3 is 15.3 Å². The maximum Gasteiger partial charge on any atom is 0.272 e. The number of carbonyl (C=O) groups is 1. The van der Waals surface area contributed by atoms with Gasteiger partial charge in [-0.15, -0.1) is 0 Å². The summed E-state index contributed by atoms with van der Waals surface area (Å²) in [6.07, 6.45) is 0. The van der Waals surface area contributed by atoms with Gasteiger partial charge in [-0.1, -0.05) is 15.9 Å². The molecule has 0 unspecified atom stereocenters. The minimum Gasteiger partial charge on any atom is -0.504 e. The number of hydrogen-bond donors (Lipinski definition) is 4. The molecule has 0 aliphatic carbocycles. The van der Waals surface area contributed by atoms with Crippen LogP contribution < -0.4 is 5.43 Å². The van der Waals surface area contributed by atoms with Gasteiger partial charge in [0.2, 0.25) is 5.75 Å². The zero-order valence-corrected chi connectivity index (χ0v) is 16.1. The summed E-state index contributed by atoms with van der Waals surface area (Å²) in [5.41, 5.74) is 4.68. The van der Waals surface area contributed by atoms with Crippen LogP contribution in [0.5, 0.6) is 17.2 Å². The Hall–Kier alpha value is -3.13. The van der Waals surface area contributed by atoms with Crippen LogP contribution in [-0.2, 0) is 0 Å². The van der Waals surface area contributed by atoms with Crippen molar-refractivity contribution in [3.63, 3.8) is 0 Å². The molecule has 0 saturated heterocycles. The highest BCUT2D eigenvalue weighted by Crippen LogP contribution is 2.37. The number of carbonyl (C=O) groups excluding carboxylic acids is 1. The molecule has 0 fully saturated rings. The first kappa shape index (κ1) is 18.7. The van der Waals surface area contributed by atoms with E-state index in [0.29, 0.717) is 22.2 Å². The van der Waals surface area contributed by atoms with Crippen molar-refractivity contribution in [2.75, 3.05) is 0 Å². The van der Waals surface area contributed by atoms with Crippen LogP contribution in [-0.4, -0.2) is 31.9 Å². The van der Waals surface area contributed by atoms with Crippen molar-refractivity contribution >= 4 is 38.5 Å². The van der Waals surface area contributed by atoms with Gasteiger partial charge in [-0.3, -0.25) is 9.78 Å². The van der Waals surface area contributed by atoms with Gasteiger partial charge in [0, 0.05) is 21.1 Å². The summed E-state index contributed by atoms with van der Waals surface area (Å²) in [5.74, 6) is -2.04. The van der Waals surface area contributed by atoms with Gasteiger partial charge in [0.25, 0.3) is 5.91 Å². The Morgan fingerprint density at radius 3 is 2.56 bits per heavy atom. The van der Waals surface area contributed by atoms with Crippen LogP contribution in [0, 0.1) is 6.92 Å². The fourth-order valence-electron chi connectivity index (χ4n) is 2.63. The number of nitrogens with zero attached hydrogens (tertiary/aromatic N) is 2. The highest BCUT2D eigenvalue weighted by molar-refractivity contribution is 9.10. The molecule has 0 aliphatic rings. The van der Waals surface area contributed by atoms with Crippen LogP contribution in [0.15, 0.2) is 46.0 Å². The van der Waals surface area contributed by atoms with E-state index in [2.05, 4.69) is 31.4 Å². The minimum atomic E-state index is -0.644. The summed E-state index contributed by atoms with van der Waals surface area (Å²) in [6, 6.07) is 9.74. The summed E-state index contributed by atoms with van der Waals surface area (Å²) < 4.78 is 0.818. The molecule has 0 aliphatic heterocycles. The summed E-state index contributed by atoms with van der Waals surface area (Å²) in [7, 11) is 0. The number of phenolic OH excluding ortho intramolecular Hbond substituents is 3. The van der Waals surface area contributed by atoms with Crippen molar-refractivity contribution in [3.05, 3.63) is 57.7 Å². The Labute approximate surface area is 163 Å². The highest BCUT2D eigenvalue weighted by Gasteiger charge is 2.15. The summed E-state index contributed by atoms with van der Waals surface area (Å²) in [6.45, 7) is 3.35. The van der Waals surface area contributed by atoms with E-state index in [1.54, 1.807) is 26.0 Å². The van der Waals surface area contributed by atoms with Crippen LogP contribution in [0.2, 0.25) is 0 Å². The van der Waals surface area contributed by atoms with Crippen molar-refractivity contribution in [1.29, 1.82) is 0 Å². The average Bonchev–Trinajstić information content (AvgIpc) is 2.63. The predicted molar refractivity (Wildman–Crippen MR) is 105 cm³/mol. The normalized spacial score (nSPS) is 11.6. The summed E-state index contributed by atoms with van der Waals surface area (Å²) in [4.78, 5) is 17.1. The molecule has 0 atom stereocenters. The zero-order valence-electron chi connectivity index (χ0n) is 14.5. The van der Waals surface area contributed by atoms with E-state index in [1.165, 1.54) is 12.1 Å². The first-order valence-corrected chi connectivity index (χ1v) is 8.73. The third-order valence-corrected chi connectivity index (χ3v) is 4.48. The maximum absolute atomic E-state index is 12.7. The first-order valence-electron chi connectivity index (χ1n) is 7.93. The Kier molecular flexibility index (Phi) is 5.00. The van der Waals surface area contributed by atoms with E-state index in [4.69, 9.17) is 0 Å². The van der Waals surface area contributed by atoms with Gasteiger partial charge >= 0.3 is 0 Å². The molecule has 8 heteroatoms. The van der Waals surface area contributed by atoms with E-state index in [0.717, 1.165) is 4.47 Å². The fourth-order valence-corrected chi connectivity index (χ4v) is 3.00. The molecule has 138 valence electrons. The van der Waals surface area contributed by atoms with Gasteiger partial charge in [-0.05, 0) is 50.2 Å². The van der Waals surface area contributed by atoms with Crippen LogP contribution >= 0.6 is 15.9 Å². The zero-order chi connectivity index (χ0) is 19.7. The van der Waals surface area contributed by atoms with Crippen molar-refractivity contribution in [2.24, 2.45) is 5.10 Å². The number of aromatic nitrogens is 1. The molecule has 3 rings (SSSR count). The van der Waals surface area contributed by atoms with Crippen LogP contribution in [0.3, 0.4) is 0 Å². The Morgan fingerprint density at radius 1 is 1.07 bits per heavy atom. The van der Waals surface area contributed by atoms with Crippen LogP contribution in [0.1, 0.15) is 28.5 Å². The molecular weight excluding hydrogens is 414 g/mol. The lowest BCUT2D eigenvalue weighted by atomic mass is 10.1. The second-order valence-corrected chi connectivity index (χ2v) is 6.86. The molecule has 0 bridgehead atoms. The number of amides is 1. The molecule has 2 aromatic carbocycles. The number of phenols is 3. The second kappa shape index (κ2) is 7.24. The molecule has 7 nitrogen and oxygen atoms in total. The van der Waals surface area contributed by atoms with Crippen LogP contribution in [0.4, 0.5) is 0 Å². The Bertz CT molecular complexity index is 1100. The van der Waals surface area contributed by atoms with Gasteiger partial charge in [-0.2, -0.15) is 5.10 Å². The molecule has 27 heavy (non-hydrogen) atoms. The molecule has 4 N–H and O–H groups in total. The third kappa shape index (κ3) is 3.70. The number of aryl methyl sites for hydroxylation is 1. The monoisotopic (exact) mass is 429 g/mol. The largest absolute Gasteiger partial charge is 0.504 e. The molecule has 1 aromatic heterocycles. The van der Waals surface area contributed by atoms with Gasteiger partial charge in [0.15, 0.2) is 11.5 Å². The van der Waals surface area contributed by atoms with E-state index < -0.39 is 23.2 Å². The molecular formula is C19H16BrN3O4. The Morgan fingerprint density at radius 2 is 1.81 bits per heavy atom. The maximum atomic E-state index is 12.7. The average molecular weight is 430 g/mol. The van der Waals surface area contributed by atoms with Gasteiger partial charge in [-0.25, -0.2) is 5.43 Å². The van der Waals surface area contributed by atoms with E-state index in [9.17, 15) is 20.1 Å². The van der Waals surface area contributed by atoms with Gasteiger partial charge in [0.1, 0.15) is 0 Å². The second-order valence-electron chi connectivity index (χ2n) is 5.94. The Balaban J connectivity index is 1.94. The number of halogens is 1. The predicted octanol–water partition coefficient (Wildman–Crippen LogP) is 3.58. The lowest BCUT2D eigenvalue weighted by Crippen LogP contribution is -2.20. The molecule has 0 saturated carbocycles. The van der Waals surface area contributed by atoms with Crippen molar-refractivity contribution < 1.29 is 20.1 Å². The van der Waals surface area contributed by atoms with E-state index >= 15 is 0 Å².